The van der Waals surface area contributed by atoms with Crippen molar-refractivity contribution in [2.75, 3.05) is 26.2 Å². The summed E-state index contributed by atoms with van der Waals surface area (Å²) in [6.07, 6.45) is 3.21. The minimum absolute atomic E-state index is 0.0235. The average Bonchev–Trinajstić information content (AvgIpc) is 3.18. The third-order valence-electron chi connectivity index (χ3n) is 4.76. The molecule has 3 aromatic rings. The number of hydrogen-bond acceptors (Lipinski definition) is 5. The standard InChI is InChI=1S/C21H22N4OS/c1-16-13-23-19(14-22-16)21(26)25-11-9-24(10-12-25)15-18-7-8-20(27-18)17-5-3-2-4-6-17/h2-8,13-14H,9-12,15H2,1H3. The van der Waals surface area contributed by atoms with Crippen LogP contribution in [0, 0.1) is 6.92 Å². The molecule has 0 bridgehead atoms. The van der Waals surface area contributed by atoms with Crippen molar-refractivity contribution >= 4 is 17.2 Å². The largest absolute Gasteiger partial charge is 0.335 e. The van der Waals surface area contributed by atoms with E-state index in [1.807, 2.05) is 29.2 Å². The molecule has 1 saturated heterocycles. The van der Waals surface area contributed by atoms with Crippen LogP contribution in [0.5, 0.6) is 0 Å². The molecule has 0 aliphatic carbocycles. The van der Waals surface area contributed by atoms with Crippen molar-refractivity contribution in [1.82, 2.24) is 19.8 Å². The fourth-order valence-electron chi connectivity index (χ4n) is 3.21. The van der Waals surface area contributed by atoms with E-state index in [0.29, 0.717) is 5.69 Å². The van der Waals surface area contributed by atoms with Crippen molar-refractivity contribution in [2.45, 2.75) is 13.5 Å². The minimum atomic E-state index is -0.0235. The highest BCUT2D eigenvalue weighted by molar-refractivity contribution is 7.15. The highest BCUT2D eigenvalue weighted by atomic mass is 32.1. The monoisotopic (exact) mass is 378 g/mol. The van der Waals surface area contributed by atoms with Crippen LogP contribution >= 0.6 is 11.3 Å². The van der Waals surface area contributed by atoms with Gasteiger partial charge in [0.1, 0.15) is 5.69 Å². The third-order valence-corrected chi connectivity index (χ3v) is 5.88. The lowest BCUT2D eigenvalue weighted by atomic mass is 10.2. The maximum atomic E-state index is 12.5. The van der Waals surface area contributed by atoms with Crippen LogP contribution in [0.1, 0.15) is 21.1 Å². The molecule has 0 atom stereocenters. The Kier molecular flexibility index (Phi) is 5.27. The Morgan fingerprint density at radius 3 is 2.48 bits per heavy atom. The second kappa shape index (κ2) is 7.98. The molecular formula is C21H22N4OS. The van der Waals surface area contributed by atoms with Crippen LogP contribution in [0.4, 0.5) is 0 Å². The Morgan fingerprint density at radius 2 is 1.78 bits per heavy atom. The number of thiophene rings is 1. The van der Waals surface area contributed by atoms with Gasteiger partial charge in [-0.15, -0.1) is 11.3 Å². The van der Waals surface area contributed by atoms with Crippen molar-refractivity contribution < 1.29 is 4.79 Å². The van der Waals surface area contributed by atoms with Gasteiger partial charge < -0.3 is 4.90 Å². The second-order valence-electron chi connectivity index (χ2n) is 6.74. The summed E-state index contributed by atoms with van der Waals surface area (Å²) in [4.78, 5) is 27.9. The summed E-state index contributed by atoms with van der Waals surface area (Å²) < 4.78 is 0. The Balaban J connectivity index is 1.33. The molecule has 1 aromatic carbocycles. The SMILES string of the molecule is Cc1cnc(C(=O)N2CCN(Cc3ccc(-c4ccccc4)s3)CC2)cn1. The molecule has 27 heavy (non-hydrogen) atoms. The lowest BCUT2D eigenvalue weighted by Crippen LogP contribution is -2.48. The molecule has 3 heterocycles. The molecule has 0 unspecified atom stereocenters. The molecule has 0 spiro atoms. The number of aryl methyl sites for hydroxylation is 1. The highest BCUT2D eigenvalue weighted by Gasteiger charge is 2.23. The summed E-state index contributed by atoms with van der Waals surface area (Å²) in [6.45, 7) is 6.02. The highest BCUT2D eigenvalue weighted by Crippen LogP contribution is 2.28. The number of benzene rings is 1. The van der Waals surface area contributed by atoms with Gasteiger partial charge in [-0.25, -0.2) is 4.98 Å². The van der Waals surface area contributed by atoms with Crippen molar-refractivity contribution in [1.29, 1.82) is 0 Å². The molecule has 0 N–H and O–H groups in total. The molecule has 1 amide bonds. The molecule has 2 aromatic heterocycles. The average molecular weight is 379 g/mol. The van der Waals surface area contributed by atoms with E-state index < -0.39 is 0 Å². The third kappa shape index (κ3) is 4.23. The van der Waals surface area contributed by atoms with Gasteiger partial charge in [-0.1, -0.05) is 30.3 Å². The first-order chi connectivity index (χ1) is 13.2. The lowest BCUT2D eigenvalue weighted by Gasteiger charge is -2.34. The zero-order chi connectivity index (χ0) is 18.6. The van der Waals surface area contributed by atoms with Crippen LogP contribution in [0.2, 0.25) is 0 Å². The van der Waals surface area contributed by atoms with E-state index in [2.05, 4.69) is 51.3 Å². The normalized spacial score (nSPS) is 15.1. The predicted molar refractivity (Wildman–Crippen MR) is 108 cm³/mol. The smallest absolute Gasteiger partial charge is 0.274 e. The summed E-state index contributed by atoms with van der Waals surface area (Å²) in [6, 6.07) is 14.9. The van der Waals surface area contributed by atoms with Crippen LogP contribution in [-0.4, -0.2) is 51.9 Å². The van der Waals surface area contributed by atoms with Gasteiger partial charge in [0.25, 0.3) is 5.91 Å². The molecule has 6 heteroatoms. The van der Waals surface area contributed by atoms with Crippen LogP contribution in [0.15, 0.2) is 54.9 Å². The number of aromatic nitrogens is 2. The van der Waals surface area contributed by atoms with E-state index in [9.17, 15) is 4.79 Å². The molecule has 5 nitrogen and oxygen atoms in total. The van der Waals surface area contributed by atoms with E-state index in [1.54, 1.807) is 12.4 Å². The molecule has 0 radical (unpaired) electrons. The summed E-state index contributed by atoms with van der Waals surface area (Å²) >= 11 is 1.84. The Labute approximate surface area is 163 Å². The second-order valence-corrected chi connectivity index (χ2v) is 7.91. The van der Waals surface area contributed by atoms with Gasteiger partial charge in [-0.3, -0.25) is 14.7 Å². The van der Waals surface area contributed by atoms with E-state index >= 15 is 0 Å². The fourth-order valence-corrected chi connectivity index (χ4v) is 4.27. The summed E-state index contributed by atoms with van der Waals surface area (Å²) in [5, 5.41) is 0. The zero-order valence-electron chi connectivity index (χ0n) is 15.3. The van der Waals surface area contributed by atoms with Crippen molar-refractivity contribution in [3.05, 3.63) is 71.1 Å². The minimum Gasteiger partial charge on any atom is -0.335 e. The topological polar surface area (TPSA) is 49.3 Å². The van der Waals surface area contributed by atoms with E-state index in [1.165, 1.54) is 15.3 Å². The summed E-state index contributed by atoms with van der Waals surface area (Å²) in [5.41, 5.74) is 2.52. The van der Waals surface area contributed by atoms with E-state index in [4.69, 9.17) is 0 Å². The fraction of sp³-hybridized carbons (Fsp3) is 0.286. The van der Waals surface area contributed by atoms with Gasteiger partial charge in [0, 0.05) is 48.7 Å². The number of nitrogens with zero attached hydrogens (tertiary/aromatic N) is 4. The predicted octanol–water partition coefficient (Wildman–Crippen LogP) is 3.47. The summed E-state index contributed by atoms with van der Waals surface area (Å²) in [7, 11) is 0. The first-order valence-electron chi connectivity index (χ1n) is 9.13. The first kappa shape index (κ1) is 17.8. The molecule has 4 rings (SSSR count). The van der Waals surface area contributed by atoms with Crippen molar-refractivity contribution in [3.63, 3.8) is 0 Å². The molecule has 1 aliphatic rings. The molecule has 138 valence electrons. The zero-order valence-corrected chi connectivity index (χ0v) is 16.2. The van der Waals surface area contributed by atoms with Crippen LogP contribution in [0.3, 0.4) is 0 Å². The number of piperazine rings is 1. The Hall–Kier alpha value is -2.57. The van der Waals surface area contributed by atoms with Crippen LogP contribution < -0.4 is 0 Å². The van der Waals surface area contributed by atoms with E-state index in [-0.39, 0.29) is 5.91 Å². The van der Waals surface area contributed by atoms with Gasteiger partial charge in [0.2, 0.25) is 0 Å². The van der Waals surface area contributed by atoms with Gasteiger partial charge in [-0.05, 0) is 24.6 Å². The van der Waals surface area contributed by atoms with Crippen LogP contribution in [0.25, 0.3) is 10.4 Å². The van der Waals surface area contributed by atoms with Crippen molar-refractivity contribution in [3.8, 4) is 10.4 Å². The van der Waals surface area contributed by atoms with Crippen LogP contribution in [-0.2, 0) is 6.54 Å². The van der Waals surface area contributed by atoms with Gasteiger partial charge >= 0.3 is 0 Å². The molecule has 1 fully saturated rings. The Bertz CT molecular complexity index is 899. The van der Waals surface area contributed by atoms with Gasteiger partial charge in [-0.2, -0.15) is 0 Å². The van der Waals surface area contributed by atoms with Gasteiger partial charge in [0.15, 0.2) is 0 Å². The molecule has 1 aliphatic heterocycles. The quantitative estimate of drug-likeness (QED) is 0.697. The number of carbonyl (C=O) groups is 1. The maximum Gasteiger partial charge on any atom is 0.274 e. The van der Waals surface area contributed by atoms with E-state index in [0.717, 1.165) is 38.4 Å². The van der Waals surface area contributed by atoms with Crippen molar-refractivity contribution in [2.24, 2.45) is 0 Å². The number of amides is 1. The number of hydrogen-bond donors (Lipinski definition) is 0. The lowest BCUT2D eigenvalue weighted by molar-refractivity contribution is 0.0623. The van der Waals surface area contributed by atoms with Gasteiger partial charge in [0.05, 0.1) is 11.9 Å². The molecular weight excluding hydrogens is 356 g/mol. The molecule has 0 saturated carbocycles. The first-order valence-corrected chi connectivity index (χ1v) is 9.95. The number of carbonyl (C=O) groups excluding carboxylic acids is 1. The Morgan fingerprint density at radius 1 is 1.00 bits per heavy atom. The summed E-state index contributed by atoms with van der Waals surface area (Å²) in [5.74, 6) is -0.0235. The number of rotatable bonds is 4. The maximum absolute atomic E-state index is 12.5.